The van der Waals surface area contributed by atoms with E-state index in [4.69, 9.17) is 4.74 Å². The van der Waals surface area contributed by atoms with Crippen molar-refractivity contribution in [3.63, 3.8) is 0 Å². The summed E-state index contributed by atoms with van der Waals surface area (Å²) < 4.78 is 4.95. The average Bonchev–Trinajstić information content (AvgIpc) is 2.81. The molecule has 0 aromatic heterocycles. The summed E-state index contributed by atoms with van der Waals surface area (Å²) in [6.07, 6.45) is 9.99. The molecule has 2 fully saturated rings. The molecule has 1 saturated heterocycles. The highest BCUT2D eigenvalue weighted by atomic mass is 16.5. The third kappa shape index (κ3) is 3.70. The van der Waals surface area contributed by atoms with E-state index in [1.807, 2.05) is 0 Å². The molecule has 1 aliphatic carbocycles. The lowest BCUT2D eigenvalue weighted by atomic mass is 9.65. The Kier molecular flexibility index (Phi) is 6.58. The molecule has 5 nitrogen and oxygen atoms in total. The number of carbonyl (C=O) groups excluding carboxylic acids is 3. The van der Waals surface area contributed by atoms with Crippen LogP contribution in [0.5, 0.6) is 0 Å². The number of imide groups is 1. The quantitative estimate of drug-likeness (QED) is 0.281. The van der Waals surface area contributed by atoms with E-state index in [-0.39, 0.29) is 30.9 Å². The Hall–Kier alpha value is -1.65. The molecule has 0 bridgehead atoms. The van der Waals surface area contributed by atoms with Crippen molar-refractivity contribution in [1.82, 2.24) is 4.90 Å². The van der Waals surface area contributed by atoms with Crippen molar-refractivity contribution in [2.75, 3.05) is 13.2 Å². The van der Waals surface area contributed by atoms with Crippen LogP contribution in [-0.4, -0.2) is 35.8 Å². The zero-order chi connectivity index (χ0) is 17.6. The molecule has 0 aromatic carbocycles. The summed E-state index contributed by atoms with van der Waals surface area (Å²) in [5.41, 5.74) is -0.495. The zero-order valence-electron chi connectivity index (χ0n) is 14.7. The van der Waals surface area contributed by atoms with E-state index in [1.165, 1.54) is 11.3 Å². The third-order valence-corrected chi connectivity index (χ3v) is 5.47. The fraction of sp³-hybridized carbons (Fsp3) is 0.737. The maximum Gasteiger partial charge on any atom is 0.330 e. The second kappa shape index (κ2) is 8.45. The molecule has 134 valence electrons. The van der Waals surface area contributed by atoms with Crippen LogP contribution in [0.1, 0.15) is 64.7 Å². The SMILES string of the molecule is C=CC(=O)OCCN1C(=O)C2CCCCC2(CCCCCC)C1=O. The van der Waals surface area contributed by atoms with Gasteiger partial charge in [0.05, 0.1) is 17.9 Å². The number of unbranched alkanes of at least 4 members (excludes halogenated alkanes) is 3. The van der Waals surface area contributed by atoms with Gasteiger partial charge in [-0.15, -0.1) is 0 Å². The molecule has 24 heavy (non-hydrogen) atoms. The predicted molar refractivity (Wildman–Crippen MR) is 91.0 cm³/mol. The molecular weight excluding hydrogens is 306 g/mol. The molecule has 0 aromatic rings. The van der Waals surface area contributed by atoms with Crippen LogP contribution in [0.2, 0.25) is 0 Å². The van der Waals surface area contributed by atoms with E-state index in [9.17, 15) is 14.4 Å². The van der Waals surface area contributed by atoms with E-state index < -0.39 is 11.4 Å². The molecule has 2 amide bonds. The summed E-state index contributed by atoms with van der Waals surface area (Å²) in [6.45, 7) is 5.70. The maximum atomic E-state index is 13.0. The van der Waals surface area contributed by atoms with E-state index in [1.54, 1.807) is 0 Å². The average molecular weight is 335 g/mol. The van der Waals surface area contributed by atoms with Crippen molar-refractivity contribution in [2.45, 2.75) is 64.7 Å². The van der Waals surface area contributed by atoms with Crippen molar-refractivity contribution in [3.05, 3.63) is 12.7 Å². The topological polar surface area (TPSA) is 63.7 Å². The smallest absolute Gasteiger partial charge is 0.330 e. The van der Waals surface area contributed by atoms with Gasteiger partial charge >= 0.3 is 5.97 Å². The van der Waals surface area contributed by atoms with Gasteiger partial charge in [-0.25, -0.2) is 4.79 Å². The molecule has 0 spiro atoms. The van der Waals surface area contributed by atoms with Crippen LogP contribution in [0.4, 0.5) is 0 Å². The van der Waals surface area contributed by atoms with Crippen molar-refractivity contribution >= 4 is 17.8 Å². The number of hydrogen-bond acceptors (Lipinski definition) is 4. The highest BCUT2D eigenvalue weighted by molar-refractivity contribution is 6.07. The second-order valence-corrected chi connectivity index (χ2v) is 6.93. The lowest BCUT2D eigenvalue weighted by molar-refractivity contribution is -0.146. The van der Waals surface area contributed by atoms with Crippen LogP contribution < -0.4 is 0 Å². The summed E-state index contributed by atoms with van der Waals surface area (Å²) in [5.74, 6) is -0.801. The highest BCUT2D eigenvalue weighted by Crippen LogP contribution is 2.51. The monoisotopic (exact) mass is 335 g/mol. The molecule has 0 radical (unpaired) electrons. The van der Waals surface area contributed by atoms with Crippen molar-refractivity contribution in [3.8, 4) is 0 Å². The summed E-state index contributed by atoms with van der Waals surface area (Å²) in [7, 11) is 0. The van der Waals surface area contributed by atoms with Crippen LogP contribution in [0.3, 0.4) is 0 Å². The van der Waals surface area contributed by atoms with Crippen LogP contribution in [-0.2, 0) is 19.1 Å². The first-order valence-electron chi connectivity index (χ1n) is 9.22. The Morgan fingerprint density at radius 1 is 1.33 bits per heavy atom. The number of fused-ring (bicyclic) bond motifs is 1. The van der Waals surface area contributed by atoms with Crippen LogP contribution in [0, 0.1) is 11.3 Å². The Morgan fingerprint density at radius 3 is 2.83 bits per heavy atom. The van der Waals surface area contributed by atoms with Gasteiger partial charge in [0.15, 0.2) is 0 Å². The van der Waals surface area contributed by atoms with Gasteiger partial charge in [0.1, 0.15) is 6.61 Å². The predicted octanol–water partition coefficient (Wildman–Crippen LogP) is 3.23. The lowest BCUT2D eigenvalue weighted by Gasteiger charge is -2.35. The Morgan fingerprint density at radius 2 is 2.12 bits per heavy atom. The minimum absolute atomic E-state index is 0.0386. The van der Waals surface area contributed by atoms with Gasteiger partial charge in [0.2, 0.25) is 11.8 Å². The summed E-state index contributed by atoms with van der Waals surface area (Å²) in [6, 6.07) is 0. The second-order valence-electron chi connectivity index (χ2n) is 6.93. The number of carbonyl (C=O) groups is 3. The van der Waals surface area contributed by atoms with Crippen LogP contribution in [0.25, 0.3) is 0 Å². The molecule has 1 aliphatic heterocycles. The fourth-order valence-electron chi connectivity index (χ4n) is 4.19. The van der Waals surface area contributed by atoms with E-state index in [2.05, 4.69) is 13.5 Å². The van der Waals surface area contributed by atoms with Gasteiger partial charge in [0.25, 0.3) is 0 Å². The zero-order valence-corrected chi connectivity index (χ0v) is 14.7. The first-order valence-corrected chi connectivity index (χ1v) is 9.22. The van der Waals surface area contributed by atoms with E-state index in [0.717, 1.165) is 57.4 Å². The number of esters is 1. The molecule has 5 heteroatoms. The Bertz CT molecular complexity index is 502. The van der Waals surface area contributed by atoms with Crippen molar-refractivity contribution < 1.29 is 19.1 Å². The van der Waals surface area contributed by atoms with E-state index in [0.29, 0.717) is 0 Å². The van der Waals surface area contributed by atoms with Gasteiger partial charge in [-0.05, 0) is 19.3 Å². The van der Waals surface area contributed by atoms with Crippen LogP contribution >= 0.6 is 0 Å². The number of ether oxygens (including phenoxy) is 1. The Labute approximate surface area is 144 Å². The fourth-order valence-corrected chi connectivity index (χ4v) is 4.19. The van der Waals surface area contributed by atoms with Gasteiger partial charge in [-0.3, -0.25) is 14.5 Å². The van der Waals surface area contributed by atoms with Gasteiger partial charge < -0.3 is 4.74 Å². The number of nitrogens with zero attached hydrogens (tertiary/aromatic N) is 1. The minimum Gasteiger partial charge on any atom is -0.461 e. The first-order chi connectivity index (χ1) is 11.6. The number of rotatable bonds is 9. The Balaban J connectivity index is 2.04. The molecule has 1 heterocycles. The molecule has 2 aliphatic rings. The summed E-state index contributed by atoms with van der Waals surface area (Å²) in [4.78, 5) is 38.2. The summed E-state index contributed by atoms with van der Waals surface area (Å²) >= 11 is 0. The van der Waals surface area contributed by atoms with E-state index >= 15 is 0 Å². The van der Waals surface area contributed by atoms with Crippen molar-refractivity contribution in [2.24, 2.45) is 11.3 Å². The third-order valence-electron chi connectivity index (χ3n) is 5.47. The maximum absolute atomic E-state index is 13.0. The molecular formula is C19H29NO4. The van der Waals surface area contributed by atoms with Gasteiger partial charge in [-0.1, -0.05) is 52.0 Å². The normalized spacial score (nSPS) is 26.4. The lowest BCUT2D eigenvalue weighted by Crippen LogP contribution is -2.39. The first kappa shape index (κ1) is 18.7. The number of amides is 2. The number of likely N-dealkylation sites (tertiary alicyclic amines) is 1. The number of hydrogen-bond donors (Lipinski definition) is 0. The van der Waals surface area contributed by atoms with Gasteiger partial charge in [0, 0.05) is 6.08 Å². The standard InChI is InChI=1S/C19H29NO4/c1-3-5-6-8-11-19-12-9-7-10-15(19)17(22)20(18(19)23)13-14-24-16(21)4-2/h4,15H,2-3,5-14H2,1H3. The highest BCUT2D eigenvalue weighted by Gasteiger charge is 2.58. The summed E-state index contributed by atoms with van der Waals surface area (Å²) in [5, 5.41) is 0. The molecule has 2 rings (SSSR count). The van der Waals surface area contributed by atoms with Crippen LogP contribution in [0.15, 0.2) is 12.7 Å². The molecule has 1 saturated carbocycles. The minimum atomic E-state index is -0.527. The largest absolute Gasteiger partial charge is 0.461 e. The molecule has 0 N–H and O–H groups in total. The van der Waals surface area contributed by atoms with Crippen molar-refractivity contribution in [1.29, 1.82) is 0 Å². The molecule has 2 atom stereocenters. The molecule has 2 unspecified atom stereocenters. The van der Waals surface area contributed by atoms with Gasteiger partial charge in [-0.2, -0.15) is 0 Å².